The fourth-order valence-electron chi connectivity index (χ4n) is 2.35. The molecule has 0 aliphatic rings. The Morgan fingerprint density at radius 1 is 1.05 bits per heavy atom. The second kappa shape index (κ2) is 5.85. The average Bonchev–Trinajstić information content (AvgIpc) is 2.42. The topological polar surface area (TPSA) is 12.0 Å². The molecular weight excluding hydrogens is 282 g/mol. The molecule has 5 heteroatoms. The Balaban J connectivity index is 2.52. The molecule has 21 heavy (non-hydrogen) atoms. The monoisotopic (exact) mass is 297 g/mol. The van der Waals surface area contributed by atoms with Crippen molar-refractivity contribution < 1.29 is 17.6 Å². The Hall–Kier alpha value is -1.88. The smallest absolute Gasteiger partial charge is 0.309 e. The molecule has 2 aromatic carbocycles. The quantitative estimate of drug-likeness (QED) is 0.825. The Labute approximate surface area is 120 Å². The first-order valence-electron chi connectivity index (χ1n) is 6.44. The van der Waals surface area contributed by atoms with Crippen molar-refractivity contribution in [1.29, 1.82) is 0 Å². The van der Waals surface area contributed by atoms with Crippen molar-refractivity contribution in [1.82, 2.24) is 5.32 Å². The lowest BCUT2D eigenvalue weighted by Gasteiger charge is -2.20. The van der Waals surface area contributed by atoms with Crippen LogP contribution in [0.4, 0.5) is 17.6 Å². The van der Waals surface area contributed by atoms with E-state index in [1.54, 1.807) is 7.05 Å². The molecule has 0 bridgehead atoms. The fourth-order valence-corrected chi connectivity index (χ4v) is 2.35. The van der Waals surface area contributed by atoms with Crippen LogP contribution < -0.4 is 5.32 Å². The van der Waals surface area contributed by atoms with Crippen molar-refractivity contribution in [3.8, 4) is 0 Å². The Bertz CT molecular complexity index is 634. The Morgan fingerprint density at radius 2 is 1.71 bits per heavy atom. The number of halogens is 4. The van der Waals surface area contributed by atoms with Crippen molar-refractivity contribution >= 4 is 0 Å². The number of nitrogens with one attached hydrogen (secondary N) is 1. The van der Waals surface area contributed by atoms with Crippen LogP contribution in [0.15, 0.2) is 42.5 Å². The van der Waals surface area contributed by atoms with E-state index in [1.807, 2.05) is 31.2 Å². The van der Waals surface area contributed by atoms with E-state index in [0.717, 1.165) is 23.3 Å². The molecule has 1 N–H and O–H groups in total. The first kappa shape index (κ1) is 15.5. The minimum absolute atomic E-state index is 0.375. The van der Waals surface area contributed by atoms with Crippen molar-refractivity contribution in [3.63, 3.8) is 0 Å². The van der Waals surface area contributed by atoms with Crippen LogP contribution in [0.5, 0.6) is 0 Å². The van der Waals surface area contributed by atoms with Crippen molar-refractivity contribution in [2.24, 2.45) is 0 Å². The van der Waals surface area contributed by atoms with Crippen molar-refractivity contribution in [2.45, 2.75) is 19.1 Å². The predicted octanol–water partition coefficient (Wildman–Crippen LogP) is 4.46. The van der Waals surface area contributed by atoms with Crippen LogP contribution in [0.2, 0.25) is 0 Å². The van der Waals surface area contributed by atoms with E-state index in [4.69, 9.17) is 0 Å². The maximum absolute atomic E-state index is 13.4. The third-order valence-corrected chi connectivity index (χ3v) is 3.42. The van der Waals surface area contributed by atoms with Gasteiger partial charge in [-0.05, 0) is 42.8 Å². The van der Waals surface area contributed by atoms with E-state index in [0.29, 0.717) is 5.56 Å². The van der Waals surface area contributed by atoms with Gasteiger partial charge in [0.05, 0.1) is 11.6 Å². The van der Waals surface area contributed by atoms with Gasteiger partial charge in [-0.1, -0.05) is 30.3 Å². The van der Waals surface area contributed by atoms with Gasteiger partial charge in [0.2, 0.25) is 0 Å². The van der Waals surface area contributed by atoms with Gasteiger partial charge in [0.15, 0.2) is 0 Å². The summed E-state index contributed by atoms with van der Waals surface area (Å²) in [5.41, 5.74) is 0.948. The lowest BCUT2D eigenvalue weighted by atomic mass is 9.94. The molecule has 1 unspecified atom stereocenters. The molecule has 0 heterocycles. The summed E-state index contributed by atoms with van der Waals surface area (Å²) in [7, 11) is 1.66. The van der Waals surface area contributed by atoms with E-state index in [9.17, 15) is 17.6 Å². The fraction of sp³-hybridized carbons (Fsp3) is 0.250. The molecule has 2 rings (SSSR count). The number of aryl methyl sites for hydroxylation is 1. The minimum atomic E-state index is -4.70. The van der Waals surface area contributed by atoms with Crippen LogP contribution in [0.1, 0.15) is 28.3 Å². The van der Waals surface area contributed by atoms with Gasteiger partial charge in [-0.3, -0.25) is 0 Å². The first-order valence-corrected chi connectivity index (χ1v) is 6.44. The zero-order chi connectivity index (χ0) is 15.6. The predicted molar refractivity (Wildman–Crippen MR) is 73.5 cm³/mol. The molecule has 0 saturated carbocycles. The summed E-state index contributed by atoms with van der Waals surface area (Å²) < 4.78 is 51.8. The Morgan fingerprint density at radius 3 is 2.29 bits per heavy atom. The second-order valence-electron chi connectivity index (χ2n) is 4.82. The molecular formula is C16H15F4N. The number of alkyl halides is 3. The molecule has 0 aliphatic heterocycles. The minimum Gasteiger partial charge on any atom is -0.309 e. The summed E-state index contributed by atoms with van der Waals surface area (Å²) in [5, 5.41) is 2.98. The normalized spacial score (nSPS) is 13.2. The highest BCUT2D eigenvalue weighted by Gasteiger charge is 2.34. The zero-order valence-corrected chi connectivity index (χ0v) is 11.6. The van der Waals surface area contributed by atoms with Crippen LogP contribution in [0, 0.1) is 12.7 Å². The SMILES string of the molecule is CNC(c1ccc(F)c(C(F)(F)F)c1)c1ccccc1C. The summed E-state index contributed by atoms with van der Waals surface area (Å²) in [6.07, 6.45) is -4.70. The van der Waals surface area contributed by atoms with Crippen LogP contribution in [0.3, 0.4) is 0 Å². The lowest BCUT2D eigenvalue weighted by Crippen LogP contribution is -2.20. The van der Waals surface area contributed by atoms with Gasteiger partial charge in [0, 0.05) is 0 Å². The maximum Gasteiger partial charge on any atom is 0.419 e. The highest BCUT2D eigenvalue weighted by Crippen LogP contribution is 2.34. The molecule has 1 atom stereocenters. The average molecular weight is 297 g/mol. The highest BCUT2D eigenvalue weighted by molar-refractivity contribution is 5.39. The van der Waals surface area contributed by atoms with Gasteiger partial charge in [-0.2, -0.15) is 13.2 Å². The van der Waals surface area contributed by atoms with Crippen LogP contribution >= 0.6 is 0 Å². The highest BCUT2D eigenvalue weighted by atomic mass is 19.4. The van der Waals surface area contributed by atoms with E-state index in [1.165, 1.54) is 6.07 Å². The molecule has 0 aromatic heterocycles. The third kappa shape index (κ3) is 3.24. The van der Waals surface area contributed by atoms with E-state index in [2.05, 4.69) is 5.32 Å². The zero-order valence-electron chi connectivity index (χ0n) is 11.6. The summed E-state index contributed by atoms with van der Waals surface area (Å²) in [6, 6.07) is 10.1. The van der Waals surface area contributed by atoms with Gasteiger partial charge < -0.3 is 5.32 Å². The van der Waals surface area contributed by atoms with Crippen LogP contribution in [-0.2, 0) is 6.18 Å². The van der Waals surface area contributed by atoms with Gasteiger partial charge in [-0.15, -0.1) is 0 Å². The Kier molecular flexibility index (Phi) is 4.32. The molecule has 0 amide bonds. The van der Waals surface area contributed by atoms with Crippen molar-refractivity contribution in [2.75, 3.05) is 7.05 Å². The molecule has 0 fully saturated rings. The second-order valence-corrected chi connectivity index (χ2v) is 4.82. The van der Waals surface area contributed by atoms with Gasteiger partial charge in [-0.25, -0.2) is 4.39 Å². The van der Waals surface area contributed by atoms with Crippen LogP contribution in [-0.4, -0.2) is 7.05 Å². The first-order chi connectivity index (χ1) is 9.84. The molecule has 1 nitrogen and oxygen atoms in total. The summed E-state index contributed by atoms with van der Waals surface area (Å²) in [4.78, 5) is 0. The molecule has 0 aliphatic carbocycles. The number of rotatable bonds is 3. The maximum atomic E-state index is 13.4. The van der Waals surface area contributed by atoms with Gasteiger partial charge in [0.25, 0.3) is 0 Å². The van der Waals surface area contributed by atoms with Gasteiger partial charge in [0.1, 0.15) is 5.82 Å². The lowest BCUT2D eigenvalue weighted by molar-refractivity contribution is -0.140. The molecule has 0 spiro atoms. The van der Waals surface area contributed by atoms with Gasteiger partial charge >= 0.3 is 6.18 Å². The molecule has 2 aromatic rings. The van der Waals surface area contributed by atoms with E-state index in [-0.39, 0.29) is 0 Å². The molecule has 0 radical (unpaired) electrons. The number of hydrogen-bond donors (Lipinski definition) is 1. The summed E-state index contributed by atoms with van der Waals surface area (Å²) >= 11 is 0. The van der Waals surface area contributed by atoms with Crippen molar-refractivity contribution in [3.05, 3.63) is 70.5 Å². The van der Waals surface area contributed by atoms with E-state index < -0.39 is 23.6 Å². The number of hydrogen-bond acceptors (Lipinski definition) is 1. The summed E-state index contributed by atoms with van der Waals surface area (Å²) in [6.45, 7) is 1.88. The standard InChI is InChI=1S/C16H15F4N/c1-10-5-3-4-6-12(10)15(21-2)11-7-8-14(17)13(9-11)16(18,19)20/h3-9,15,21H,1-2H3. The van der Waals surface area contributed by atoms with Crippen LogP contribution in [0.25, 0.3) is 0 Å². The number of benzene rings is 2. The largest absolute Gasteiger partial charge is 0.419 e. The molecule has 0 saturated heterocycles. The third-order valence-electron chi connectivity index (χ3n) is 3.42. The van der Waals surface area contributed by atoms with E-state index >= 15 is 0 Å². The summed E-state index contributed by atoms with van der Waals surface area (Å²) in [5.74, 6) is -1.26. The molecule has 112 valence electrons.